The maximum atomic E-state index is 12.2. The average Bonchev–Trinajstić information content (AvgIpc) is 2.94. The zero-order valence-electron chi connectivity index (χ0n) is 10.3. The normalized spacial score (nSPS) is 11.7. The summed E-state index contributed by atoms with van der Waals surface area (Å²) in [5, 5.41) is 6.81. The van der Waals surface area contributed by atoms with Gasteiger partial charge in [-0.2, -0.15) is 0 Å². The number of rotatable bonds is 5. The highest BCUT2D eigenvalue weighted by Gasteiger charge is 2.25. The Hall–Kier alpha value is -1.65. The van der Waals surface area contributed by atoms with Gasteiger partial charge >= 0.3 is 0 Å². The highest BCUT2D eigenvalue weighted by molar-refractivity contribution is 7.89. The van der Waals surface area contributed by atoms with Crippen LogP contribution in [-0.4, -0.2) is 44.3 Å². The number of hydrogen-bond donors (Lipinski definition) is 3. The lowest BCUT2D eigenvalue weighted by Gasteiger charge is -2.06. The molecular weight excluding hydrogens is 290 g/mol. The summed E-state index contributed by atoms with van der Waals surface area (Å²) in [6, 6.07) is 0. The minimum Gasteiger partial charge on any atom is -0.371 e. The van der Waals surface area contributed by atoms with Gasteiger partial charge in [0, 0.05) is 25.7 Å². The average molecular weight is 303 g/mol. The quantitative estimate of drug-likeness (QED) is 0.688. The zero-order valence-corrected chi connectivity index (χ0v) is 11.9. The van der Waals surface area contributed by atoms with E-state index in [0.29, 0.717) is 4.96 Å². The fourth-order valence-corrected chi connectivity index (χ4v) is 3.54. The second-order valence-corrected chi connectivity index (χ2v) is 6.12. The van der Waals surface area contributed by atoms with Crippen molar-refractivity contribution in [1.82, 2.24) is 19.4 Å². The fourth-order valence-electron chi connectivity index (χ4n) is 1.50. The van der Waals surface area contributed by atoms with Crippen LogP contribution < -0.4 is 15.4 Å². The van der Waals surface area contributed by atoms with Gasteiger partial charge in [0.05, 0.1) is 6.54 Å². The molecule has 0 aromatic carbocycles. The molecule has 0 spiro atoms. The predicted molar refractivity (Wildman–Crippen MR) is 71.9 cm³/mol. The van der Waals surface area contributed by atoms with E-state index in [1.54, 1.807) is 18.6 Å². The summed E-state index contributed by atoms with van der Waals surface area (Å²) < 4.78 is 28.1. The molecule has 0 atom stereocenters. The van der Waals surface area contributed by atoms with Gasteiger partial charge in [0.2, 0.25) is 5.91 Å². The van der Waals surface area contributed by atoms with Crippen molar-refractivity contribution in [1.29, 1.82) is 0 Å². The molecule has 19 heavy (non-hydrogen) atoms. The maximum absolute atomic E-state index is 12.2. The molecule has 0 aliphatic carbocycles. The molecule has 2 heterocycles. The van der Waals surface area contributed by atoms with E-state index in [2.05, 4.69) is 20.3 Å². The van der Waals surface area contributed by atoms with Crippen LogP contribution in [0.1, 0.15) is 0 Å². The van der Waals surface area contributed by atoms with E-state index in [1.165, 1.54) is 22.8 Å². The van der Waals surface area contributed by atoms with Gasteiger partial charge < -0.3 is 10.6 Å². The molecule has 0 unspecified atom stereocenters. The van der Waals surface area contributed by atoms with Crippen molar-refractivity contribution in [2.45, 2.75) is 5.03 Å². The lowest BCUT2D eigenvalue weighted by Crippen LogP contribution is -2.35. The van der Waals surface area contributed by atoms with Crippen molar-refractivity contribution >= 4 is 38.0 Å². The fraction of sp³-hybridized carbons (Fsp3) is 0.333. The minimum atomic E-state index is -3.83. The SMILES string of the molecule is CNC(=O)CNS(=O)(=O)c1c(NC)nc2sccn12. The summed E-state index contributed by atoms with van der Waals surface area (Å²) >= 11 is 1.32. The van der Waals surface area contributed by atoms with Crippen LogP contribution in [-0.2, 0) is 14.8 Å². The van der Waals surface area contributed by atoms with Gasteiger partial charge in [-0.05, 0) is 0 Å². The second-order valence-electron chi connectivity index (χ2n) is 3.57. The Labute approximate surface area is 113 Å². The van der Waals surface area contributed by atoms with Crippen LogP contribution in [0, 0.1) is 0 Å². The molecule has 0 aliphatic rings. The molecule has 0 fully saturated rings. The van der Waals surface area contributed by atoms with E-state index in [0.717, 1.165) is 0 Å². The number of nitrogens with one attached hydrogen (secondary N) is 3. The number of likely N-dealkylation sites (N-methyl/N-ethyl adjacent to an activating group) is 1. The molecule has 10 heteroatoms. The standard InChI is InChI=1S/C9H13N5O3S2/c1-10-6(15)5-12-19(16,17)8-7(11-2)13-9-14(8)3-4-18-9/h3-4,11-12H,5H2,1-2H3,(H,10,15). The number of aromatic nitrogens is 2. The molecule has 2 aromatic heterocycles. The number of nitrogens with zero attached hydrogens (tertiary/aromatic N) is 2. The van der Waals surface area contributed by atoms with Gasteiger partial charge in [-0.3, -0.25) is 9.20 Å². The first-order valence-electron chi connectivity index (χ1n) is 5.33. The van der Waals surface area contributed by atoms with Crippen LogP contribution in [0.25, 0.3) is 4.96 Å². The number of carbonyl (C=O) groups excluding carboxylic acids is 1. The van der Waals surface area contributed by atoms with Crippen molar-refractivity contribution < 1.29 is 13.2 Å². The number of thiazole rings is 1. The van der Waals surface area contributed by atoms with Gasteiger partial charge in [0.25, 0.3) is 10.0 Å². The lowest BCUT2D eigenvalue weighted by atomic mass is 10.6. The van der Waals surface area contributed by atoms with Crippen LogP contribution in [0.4, 0.5) is 5.82 Å². The Morgan fingerprint density at radius 3 is 2.84 bits per heavy atom. The number of amides is 1. The van der Waals surface area contributed by atoms with Gasteiger partial charge in [-0.25, -0.2) is 18.1 Å². The number of sulfonamides is 1. The number of carbonyl (C=O) groups is 1. The van der Waals surface area contributed by atoms with Crippen LogP contribution in [0.5, 0.6) is 0 Å². The van der Waals surface area contributed by atoms with Crippen LogP contribution in [0.3, 0.4) is 0 Å². The highest BCUT2D eigenvalue weighted by atomic mass is 32.2. The Balaban J connectivity index is 2.41. The maximum Gasteiger partial charge on any atom is 0.260 e. The molecule has 104 valence electrons. The Morgan fingerprint density at radius 2 is 2.21 bits per heavy atom. The van der Waals surface area contributed by atoms with E-state index in [1.807, 2.05) is 0 Å². The molecule has 8 nitrogen and oxygen atoms in total. The molecule has 0 saturated heterocycles. The molecule has 0 saturated carbocycles. The first kappa shape index (κ1) is 13.8. The van der Waals surface area contributed by atoms with Crippen molar-refractivity contribution in [3.05, 3.63) is 11.6 Å². The third-order valence-corrected chi connectivity index (χ3v) is 4.59. The number of imidazole rings is 1. The lowest BCUT2D eigenvalue weighted by molar-refractivity contribution is -0.119. The summed E-state index contributed by atoms with van der Waals surface area (Å²) in [5.74, 6) is -0.170. The Kier molecular flexibility index (Phi) is 3.73. The van der Waals surface area contributed by atoms with Gasteiger partial charge in [0.15, 0.2) is 15.8 Å². The second kappa shape index (κ2) is 5.15. The van der Waals surface area contributed by atoms with Crippen LogP contribution in [0.15, 0.2) is 16.6 Å². The predicted octanol–water partition coefficient (Wildman–Crippen LogP) is -0.538. The first-order valence-corrected chi connectivity index (χ1v) is 7.69. The summed E-state index contributed by atoms with van der Waals surface area (Å²) in [6.07, 6.45) is 1.61. The van der Waals surface area contributed by atoms with Gasteiger partial charge in [-0.1, -0.05) is 0 Å². The smallest absolute Gasteiger partial charge is 0.260 e. The van der Waals surface area contributed by atoms with E-state index in [9.17, 15) is 13.2 Å². The highest BCUT2D eigenvalue weighted by Crippen LogP contribution is 2.24. The Bertz CT molecular complexity index is 703. The van der Waals surface area contributed by atoms with E-state index in [-0.39, 0.29) is 17.4 Å². The van der Waals surface area contributed by atoms with Crippen LogP contribution in [0.2, 0.25) is 0 Å². The van der Waals surface area contributed by atoms with Crippen molar-refractivity contribution in [3.63, 3.8) is 0 Å². The van der Waals surface area contributed by atoms with Gasteiger partial charge in [-0.15, -0.1) is 11.3 Å². The van der Waals surface area contributed by atoms with Crippen molar-refractivity contribution in [2.24, 2.45) is 0 Å². The molecule has 1 amide bonds. The van der Waals surface area contributed by atoms with Crippen molar-refractivity contribution in [3.8, 4) is 0 Å². The Morgan fingerprint density at radius 1 is 1.47 bits per heavy atom. The third kappa shape index (κ3) is 2.55. The molecule has 2 rings (SSSR count). The minimum absolute atomic E-state index is 0.00449. The third-order valence-electron chi connectivity index (χ3n) is 2.41. The molecule has 3 N–H and O–H groups in total. The molecule has 0 radical (unpaired) electrons. The van der Waals surface area contributed by atoms with E-state index in [4.69, 9.17) is 0 Å². The summed E-state index contributed by atoms with van der Waals surface area (Å²) in [6.45, 7) is -0.320. The van der Waals surface area contributed by atoms with E-state index >= 15 is 0 Å². The largest absolute Gasteiger partial charge is 0.371 e. The summed E-state index contributed by atoms with van der Waals surface area (Å²) in [5.41, 5.74) is 0. The number of hydrogen-bond acceptors (Lipinski definition) is 6. The zero-order chi connectivity index (χ0) is 14.0. The van der Waals surface area contributed by atoms with Gasteiger partial charge in [0.1, 0.15) is 0 Å². The summed E-state index contributed by atoms with van der Waals surface area (Å²) in [7, 11) is -0.804. The number of fused-ring (bicyclic) bond motifs is 1. The molecule has 0 bridgehead atoms. The van der Waals surface area contributed by atoms with E-state index < -0.39 is 15.9 Å². The first-order chi connectivity index (χ1) is 8.99. The summed E-state index contributed by atoms with van der Waals surface area (Å²) in [4.78, 5) is 15.8. The molecular formula is C9H13N5O3S2. The number of anilines is 1. The topological polar surface area (TPSA) is 105 Å². The molecule has 2 aromatic rings. The van der Waals surface area contributed by atoms with Crippen LogP contribution >= 0.6 is 11.3 Å². The monoisotopic (exact) mass is 303 g/mol. The molecule has 0 aliphatic heterocycles. The van der Waals surface area contributed by atoms with Crippen molar-refractivity contribution in [2.75, 3.05) is 26.0 Å².